The summed E-state index contributed by atoms with van der Waals surface area (Å²) in [7, 11) is -1.40. The molecule has 0 aromatic rings. The Hall–Kier alpha value is -0.0400. The Balaban J connectivity index is 0.00000243. The van der Waals surface area contributed by atoms with E-state index in [2.05, 4.69) is 32.3 Å². The number of sulfonamides is 1. The fourth-order valence-corrected chi connectivity index (χ4v) is 6.09. The molecule has 0 aliphatic carbocycles. The van der Waals surface area contributed by atoms with E-state index in [1.54, 1.807) is 11.4 Å². The first-order valence-electron chi connectivity index (χ1n) is 9.00. The molecule has 0 spiro atoms. The van der Waals surface area contributed by atoms with Crippen LogP contribution in [0.3, 0.4) is 0 Å². The van der Waals surface area contributed by atoms with Crippen LogP contribution < -0.4 is 5.32 Å². The van der Waals surface area contributed by atoms with Crippen molar-refractivity contribution < 1.29 is 8.42 Å². The SMILES string of the molecule is CN=C(NCCS(=O)(=O)N1CCSCC1)N1CCC(N2CC=CC2)C1.I. The molecule has 1 N–H and O–H groups in total. The Kier molecular flexibility index (Phi) is 8.98. The highest BCUT2D eigenvalue weighted by atomic mass is 127. The van der Waals surface area contributed by atoms with Gasteiger partial charge in [0.25, 0.3) is 0 Å². The lowest BCUT2D eigenvalue weighted by atomic mass is 10.2. The lowest BCUT2D eigenvalue weighted by Gasteiger charge is -2.27. The van der Waals surface area contributed by atoms with Crippen LogP contribution in [-0.4, -0.2) is 105 Å². The molecule has 26 heavy (non-hydrogen) atoms. The molecule has 0 saturated carbocycles. The third-order valence-electron chi connectivity index (χ3n) is 5.04. The molecule has 3 rings (SSSR count). The molecule has 0 aromatic heterocycles. The zero-order chi connectivity index (χ0) is 17.7. The van der Waals surface area contributed by atoms with E-state index in [0.29, 0.717) is 25.7 Å². The highest BCUT2D eigenvalue weighted by Crippen LogP contribution is 2.18. The third-order valence-corrected chi connectivity index (χ3v) is 7.86. The Morgan fingerprint density at radius 2 is 1.92 bits per heavy atom. The van der Waals surface area contributed by atoms with Gasteiger partial charge >= 0.3 is 0 Å². The van der Waals surface area contributed by atoms with Crippen molar-refractivity contribution in [3.63, 3.8) is 0 Å². The molecule has 7 nitrogen and oxygen atoms in total. The quantitative estimate of drug-likeness (QED) is 0.249. The molecule has 1 atom stereocenters. The molecule has 0 aromatic carbocycles. The van der Waals surface area contributed by atoms with Crippen LogP contribution in [-0.2, 0) is 10.0 Å². The number of halogens is 1. The van der Waals surface area contributed by atoms with E-state index in [1.165, 1.54) is 0 Å². The first kappa shape index (κ1) is 22.3. The van der Waals surface area contributed by atoms with E-state index >= 15 is 0 Å². The van der Waals surface area contributed by atoms with Gasteiger partial charge in [0.1, 0.15) is 0 Å². The Labute approximate surface area is 178 Å². The maximum absolute atomic E-state index is 12.4. The van der Waals surface area contributed by atoms with Crippen LogP contribution >= 0.6 is 35.7 Å². The van der Waals surface area contributed by atoms with E-state index in [0.717, 1.165) is 50.1 Å². The monoisotopic (exact) mass is 515 g/mol. The number of aliphatic imine (C=N–C) groups is 1. The lowest BCUT2D eigenvalue weighted by Crippen LogP contribution is -2.46. The van der Waals surface area contributed by atoms with E-state index in [9.17, 15) is 8.42 Å². The molecule has 1 unspecified atom stereocenters. The molecule has 3 aliphatic heterocycles. The minimum Gasteiger partial charge on any atom is -0.355 e. The summed E-state index contributed by atoms with van der Waals surface area (Å²) in [4.78, 5) is 9.07. The van der Waals surface area contributed by atoms with Crippen LogP contribution in [0.15, 0.2) is 17.1 Å². The van der Waals surface area contributed by atoms with Gasteiger partial charge in [-0.1, -0.05) is 12.2 Å². The Bertz CT molecular complexity index is 600. The normalized spacial score (nSPS) is 25.5. The van der Waals surface area contributed by atoms with Gasteiger partial charge in [0.15, 0.2) is 5.96 Å². The molecule has 10 heteroatoms. The van der Waals surface area contributed by atoms with Crippen molar-refractivity contribution in [2.24, 2.45) is 4.99 Å². The first-order valence-corrected chi connectivity index (χ1v) is 11.8. The van der Waals surface area contributed by atoms with Crippen molar-refractivity contribution in [1.82, 2.24) is 19.4 Å². The number of likely N-dealkylation sites (tertiary alicyclic amines) is 1. The predicted octanol–water partition coefficient (Wildman–Crippen LogP) is 0.505. The van der Waals surface area contributed by atoms with E-state index in [1.807, 2.05) is 11.8 Å². The van der Waals surface area contributed by atoms with Gasteiger partial charge in [-0.15, -0.1) is 24.0 Å². The second kappa shape index (κ2) is 10.5. The molecule has 150 valence electrons. The van der Waals surface area contributed by atoms with Gasteiger partial charge in [-0.05, 0) is 6.42 Å². The van der Waals surface area contributed by atoms with Crippen molar-refractivity contribution in [3.05, 3.63) is 12.2 Å². The van der Waals surface area contributed by atoms with E-state index in [-0.39, 0.29) is 29.7 Å². The molecule has 2 saturated heterocycles. The summed E-state index contributed by atoms with van der Waals surface area (Å²) in [5, 5.41) is 3.25. The second-order valence-corrected chi connectivity index (χ2v) is 9.93. The standard InChI is InChI=1S/C16H29N5O2S2.HI/c1-17-16(20-8-4-15(14-20)19-6-2-3-7-19)18-5-13-25(22,23)21-9-11-24-12-10-21;/h2-3,15H,4-14H2,1H3,(H,17,18);1H. The summed E-state index contributed by atoms with van der Waals surface area (Å²) >= 11 is 1.82. The van der Waals surface area contributed by atoms with Gasteiger partial charge < -0.3 is 10.2 Å². The van der Waals surface area contributed by atoms with E-state index < -0.39 is 10.0 Å². The summed E-state index contributed by atoms with van der Waals surface area (Å²) in [6.45, 7) is 5.69. The van der Waals surface area contributed by atoms with Crippen molar-refractivity contribution in [2.75, 3.05) is 70.1 Å². The second-order valence-electron chi connectivity index (χ2n) is 6.62. The van der Waals surface area contributed by atoms with Gasteiger partial charge in [-0.3, -0.25) is 9.89 Å². The molecule has 3 heterocycles. The van der Waals surface area contributed by atoms with Crippen molar-refractivity contribution in [3.8, 4) is 0 Å². The summed E-state index contributed by atoms with van der Waals surface area (Å²) < 4.78 is 26.4. The predicted molar refractivity (Wildman–Crippen MR) is 120 cm³/mol. The molecule has 3 aliphatic rings. The number of nitrogens with zero attached hydrogens (tertiary/aromatic N) is 4. The Morgan fingerprint density at radius 3 is 2.58 bits per heavy atom. The molecule has 0 bridgehead atoms. The van der Waals surface area contributed by atoms with Crippen molar-refractivity contribution in [2.45, 2.75) is 12.5 Å². The summed E-state index contributed by atoms with van der Waals surface area (Å²) in [5.74, 6) is 2.74. The summed E-state index contributed by atoms with van der Waals surface area (Å²) in [5.41, 5.74) is 0. The minimum absolute atomic E-state index is 0. The first-order chi connectivity index (χ1) is 12.1. The van der Waals surface area contributed by atoms with Crippen LogP contribution in [0.2, 0.25) is 0 Å². The van der Waals surface area contributed by atoms with Gasteiger partial charge in [0, 0.05) is 70.4 Å². The summed E-state index contributed by atoms with van der Waals surface area (Å²) in [6.07, 6.45) is 5.57. The number of rotatable bonds is 5. The van der Waals surface area contributed by atoms with Crippen LogP contribution in [0.4, 0.5) is 0 Å². The minimum atomic E-state index is -3.17. The largest absolute Gasteiger partial charge is 0.355 e. The average Bonchev–Trinajstić information content (AvgIpc) is 3.31. The third kappa shape index (κ3) is 5.73. The zero-order valence-corrected chi connectivity index (χ0v) is 19.3. The van der Waals surface area contributed by atoms with E-state index in [4.69, 9.17) is 0 Å². The highest BCUT2D eigenvalue weighted by molar-refractivity contribution is 14.0. The number of hydrogen-bond donors (Lipinski definition) is 1. The molecule has 0 amide bonds. The number of thioether (sulfide) groups is 1. The maximum atomic E-state index is 12.4. The highest BCUT2D eigenvalue weighted by Gasteiger charge is 2.30. The smallest absolute Gasteiger partial charge is 0.215 e. The van der Waals surface area contributed by atoms with Gasteiger partial charge in [-0.25, -0.2) is 12.7 Å². The van der Waals surface area contributed by atoms with Crippen molar-refractivity contribution >= 4 is 51.7 Å². The zero-order valence-electron chi connectivity index (χ0n) is 15.3. The van der Waals surface area contributed by atoms with Crippen LogP contribution in [0.5, 0.6) is 0 Å². The topological polar surface area (TPSA) is 68.2 Å². The lowest BCUT2D eigenvalue weighted by molar-refractivity contribution is 0.259. The van der Waals surface area contributed by atoms with Crippen LogP contribution in [0, 0.1) is 0 Å². The summed E-state index contributed by atoms with van der Waals surface area (Å²) in [6, 6.07) is 0.558. The number of guanidine groups is 1. The van der Waals surface area contributed by atoms with Crippen LogP contribution in [0.25, 0.3) is 0 Å². The van der Waals surface area contributed by atoms with Gasteiger partial charge in [-0.2, -0.15) is 11.8 Å². The van der Waals surface area contributed by atoms with Gasteiger partial charge in [0.2, 0.25) is 10.0 Å². The van der Waals surface area contributed by atoms with Gasteiger partial charge in [0.05, 0.1) is 5.75 Å². The maximum Gasteiger partial charge on any atom is 0.215 e. The average molecular weight is 515 g/mol. The molecular formula is C16H30IN5O2S2. The molecule has 0 radical (unpaired) electrons. The molecular weight excluding hydrogens is 485 g/mol. The molecule has 2 fully saturated rings. The Morgan fingerprint density at radius 1 is 1.23 bits per heavy atom. The number of hydrogen-bond acceptors (Lipinski definition) is 5. The fourth-order valence-electron chi connectivity index (χ4n) is 3.60. The number of nitrogens with one attached hydrogen (secondary N) is 1. The fraction of sp³-hybridized carbons (Fsp3) is 0.812. The van der Waals surface area contributed by atoms with Crippen molar-refractivity contribution in [1.29, 1.82) is 0 Å². The van der Waals surface area contributed by atoms with Crippen LogP contribution in [0.1, 0.15) is 6.42 Å².